The van der Waals surface area contributed by atoms with Crippen LogP contribution in [-0.4, -0.2) is 11.8 Å². The molecule has 0 fully saturated rings. The topological polar surface area (TPSA) is 50.1 Å². The van der Waals surface area contributed by atoms with Gasteiger partial charge in [-0.05, 0) is 29.8 Å². The molecule has 0 radical (unpaired) electrons. The summed E-state index contributed by atoms with van der Waals surface area (Å²) in [7, 11) is 0. The first-order chi connectivity index (χ1) is 10.6. The number of allylic oxidation sites excluding steroid dienone is 1. The van der Waals surface area contributed by atoms with E-state index in [0.717, 1.165) is 0 Å². The number of nitriles is 1. The molecule has 0 atom stereocenters. The quantitative estimate of drug-likeness (QED) is 0.281. The maximum atomic E-state index is 13.7. The highest BCUT2D eigenvalue weighted by atomic mass is 35.5. The molecule has 5 heteroatoms. The number of hydrogen-bond donors (Lipinski definition) is 0. The lowest BCUT2D eigenvalue weighted by Gasteiger charge is -2.03. The Kier molecular flexibility index (Phi) is 5.29. The number of ether oxygens (including phenoxy) is 1. The fourth-order valence-corrected chi connectivity index (χ4v) is 1.86. The lowest BCUT2D eigenvalue weighted by Crippen LogP contribution is -2.08. The van der Waals surface area contributed by atoms with Gasteiger partial charge in [-0.3, -0.25) is 4.79 Å². The van der Waals surface area contributed by atoms with Crippen LogP contribution in [-0.2, 0) is 4.79 Å². The van der Waals surface area contributed by atoms with Crippen molar-refractivity contribution in [2.45, 2.75) is 0 Å². The first-order valence-electron chi connectivity index (χ1n) is 6.37. The van der Waals surface area contributed by atoms with Crippen molar-refractivity contribution in [3.05, 3.63) is 65.5 Å². The number of hydrogen-bond acceptors (Lipinski definition) is 3. The number of carbonyl (C=O) groups excluding carboxylic acids is 1. The summed E-state index contributed by atoms with van der Waals surface area (Å²) in [6, 6.07) is 14.5. The van der Waals surface area contributed by atoms with Gasteiger partial charge in [-0.2, -0.15) is 5.26 Å². The van der Waals surface area contributed by atoms with E-state index in [0.29, 0.717) is 11.3 Å². The number of rotatable bonds is 4. The fraction of sp³-hybridized carbons (Fsp3) is 0.0588. The zero-order chi connectivity index (χ0) is 15.9. The number of benzene rings is 2. The van der Waals surface area contributed by atoms with E-state index in [1.54, 1.807) is 48.5 Å². The van der Waals surface area contributed by atoms with Gasteiger partial charge >= 0.3 is 5.97 Å². The second-order valence-electron chi connectivity index (χ2n) is 4.33. The van der Waals surface area contributed by atoms with Crippen LogP contribution in [0.25, 0.3) is 11.6 Å². The predicted octanol–water partition coefficient (Wildman–Crippen LogP) is 4.03. The van der Waals surface area contributed by atoms with Crippen LogP contribution in [0.5, 0.6) is 5.75 Å². The van der Waals surface area contributed by atoms with E-state index in [1.165, 1.54) is 6.07 Å². The van der Waals surface area contributed by atoms with E-state index in [4.69, 9.17) is 16.3 Å². The first-order valence-corrected chi connectivity index (χ1v) is 6.91. The molecule has 0 aliphatic carbocycles. The fourth-order valence-electron chi connectivity index (χ4n) is 1.81. The van der Waals surface area contributed by atoms with Crippen LogP contribution >= 0.6 is 11.6 Å². The van der Waals surface area contributed by atoms with Crippen molar-refractivity contribution in [3.63, 3.8) is 0 Å². The van der Waals surface area contributed by atoms with E-state index < -0.39 is 11.8 Å². The van der Waals surface area contributed by atoms with Crippen molar-refractivity contribution in [1.82, 2.24) is 0 Å². The molecule has 0 aliphatic heterocycles. The Bertz CT molecular complexity index is 748. The Labute approximate surface area is 132 Å². The molecular weight excluding hydrogens is 305 g/mol. The molecule has 0 amide bonds. The van der Waals surface area contributed by atoms with E-state index >= 15 is 0 Å². The zero-order valence-corrected chi connectivity index (χ0v) is 12.2. The van der Waals surface area contributed by atoms with E-state index in [9.17, 15) is 14.4 Å². The molecule has 0 aromatic heterocycles. The minimum absolute atomic E-state index is 0.212. The number of alkyl halides is 1. The average Bonchev–Trinajstić information content (AvgIpc) is 2.55. The van der Waals surface area contributed by atoms with E-state index in [1.807, 2.05) is 6.07 Å². The van der Waals surface area contributed by atoms with Crippen LogP contribution in [0.4, 0.5) is 4.39 Å². The van der Waals surface area contributed by atoms with Gasteiger partial charge in [-0.25, -0.2) is 4.39 Å². The lowest BCUT2D eigenvalue weighted by atomic mass is 10.0. The Morgan fingerprint density at radius 2 is 1.91 bits per heavy atom. The highest BCUT2D eigenvalue weighted by Crippen LogP contribution is 2.21. The average molecular weight is 316 g/mol. The monoisotopic (exact) mass is 315 g/mol. The molecular formula is C17H11ClFNO2. The van der Waals surface area contributed by atoms with Crippen LogP contribution in [0.3, 0.4) is 0 Å². The molecule has 2 aromatic carbocycles. The van der Waals surface area contributed by atoms with Crippen LogP contribution in [0, 0.1) is 17.1 Å². The maximum Gasteiger partial charge on any atom is 0.326 e. The van der Waals surface area contributed by atoms with Gasteiger partial charge < -0.3 is 4.74 Å². The molecule has 3 nitrogen and oxygen atoms in total. The molecule has 0 heterocycles. The molecule has 0 unspecified atom stereocenters. The third kappa shape index (κ3) is 3.94. The second kappa shape index (κ2) is 7.39. The smallest absolute Gasteiger partial charge is 0.326 e. The lowest BCUT2D eigenvalue weighted by molar-refractivity contribution is -0.131. The third-order valence-corrected chi connectivity index (χ3v) is 3.03. The molecule has 2 rings (SSSR count). The Morgan fingerprint density at radius 1 is 1.23 bits per heavy atom. The number of halogens is 2. The largest absolute Gasteiger partial charge is 0.426 e. The molecule has 0 spiro atoms. The minimum Gasteiger partial charge on any atom is -0.426 e. The van der Waals surface area contributed by atoms with Crippen molar-refractivity contribution >= 4 is 29.2 Å². The molecule has 22 heavy (non-hydrogen) atoms. The maximum absolute atomic E-state index is 13.7. The standard InChI is InChI=1S/C17H11ClFNO2/c18-10-17(21)22-14-7-5-12(6-8-14)9-13(11-20)15-3-1-2-4-16(15)19/h1-9H,10H2/b13-9-. The summed E-state index contributed by atoms with van der Waals surface area (Å²) >= 11 is 5.35. The SMILES string of the molecule is N#C/C(=C/c1ccc(OC(=O)CCl)cc1)c1ccccc1F. The Hall–Kier alpha value is -2.64. The first kappa shape index (κ1) is 15.7. The van der Waals surface area contributed by atoms with Crippen molar-refractivity contribution in [3.8, 4) is 11.8 Å². The summed E-state index contributed by atoms with van der Waals surface area (Å²) in [5.74, 6) is -0.878. The number of nitrogens with zero attached hydrogens (tertiary/aromatic N) is 1. The van der Waals surface area contributed by atoms with Gasteiger partial charge in [0.15, 0.2) is 0 Å². The summed E-state index contributed by atoms with van der Waals surface area (Å²) in [5, 5.41) is 9.20. The predicted molar refractivity (Wildman–Crippen MR) is 82.7 cm³/mol. The van der Waals surface area contributed by atoms with Crippen LogP contribution < -0.4 is 4.74 Å². The van der Waals surface area contributed by atoms with Gasteiger partial charge in [-0.15, -0.1) is 11.6 Å². The van der Waals surface area contributed by atoms with Gasteiger partial charge in [0.25, 0.3) is 0 Å². The van der Waals surface area contributed by atoms with Gasteiger partial charge in [0.1, 0.15) is 17.4 Å². The second-order valence-corrected chi connectivity index (χ2v) is 4.59. The molecule has 0 N–H and O–H groups in total. The Balaban J connectivity index is 2.26. The normalized spacial score (nSPS) is 10.9. The van der Waals surface area contributed by atoms with Crippen molar-refractivity contribution in [1.29, 1.82) is 5.26 Å². The zero-order valence-electron chi connectivity index (χ0n) is 11.4. The molecule has 0 saturated carbocycles. The van der Waals surface area contributed by atoms with Crippen molar-refractivity contribution < 1.29 is 13.9 Å². The minimum atomic E-state index is -0.547. The van der Waals surface area contributed by atoms with Gasteiger partial charge in [0.2, 0.25) is 0 Å². The number of carbonyl (C=O) groups is 1. The molecule has 0 bridgehead atoms. The van der Waals surface area contributed by atoms with Crippen molar-refractivity contribution in [2.24, 2.45) is 0 Å². The van der Waals surface area contributed by atoms with E-state index in [2.05, 4.69) is 0 Å². The third-order valence-electron chi connectivity index (χ3n) is 2.82. The Morgan fingerprint density at radius 3 is 2.50 bits per heavy atom. The molecule has 0 saturated heterocycles. The van der Waals surface area contributed by atoms with Crippen LogP contribution in [0.15, 0.2) is 48.5 Å². The van der Waals surface area contributed by atoms with Crippen LogP contribution in [0.1, 0.15) is 11.1 Å². The van der Waals surface area contributed by atoms with Crippen LogP contribution in [0.2, 0.25) is 0 Å². The van der Waals surface area contributed by atoms with Gasteiger partial charge in [-0.1, -0.05) is 30.3 Å². The summed E-state index contributed by atoms with van der Waals surface area (Å²) in [5.41, 5.74) is 1.14. The van der Waals surface area contributed by atoms with Gasteiger partial charge in [0, 0.05) is 5.56 Å². The van der Waals surface area contributed by atoms with E-state index in [-0.39, 0.29) is 17.0 Å². The van der Waals surface area contributed by atoms with Gasteiger partial charge in [0.05, 0.1) is 11.6 Å². The molecule has 0 aliphatic rings. The summed E-state index contributed by atoms with van der Waals surface area (Å²) in [6.45, 7) is 0. The van der Waals surface area contributed by atoms with Crippen molar-refractivity contribution in [2.75, 3.05) is 5.88 Å². The summed E-state index contributed by atoms with van der Waals surface area (Å²) < 4.78 is 18.7. The summed E-state index contributed by atoms with van der Waals surface area (Å²) in [4.78, 5) is 11.1. The molecule has 110 valence electrons. The molecule has 2 aromatic rings. The highest BCUT2D eigenvalue weighted by Gasteiger charge is 2.07. The number of esters is 1. The highest BCUT2D eigenvalue weighted by molar-refractivity contribution is 6.26. The summed E-state index contributed by atoms with van der Waals surface area (Å²) in [6.07, 6.45) is 1.56.